The highest BCUT2D eigenvalue weighted by Gasteiger charge is 2.18. The van der Waals surface area contributed by atoms with Crippen LogP contribution in [0.3, 0.4) is 0 Å². The fourth-order valence-electron chi connectivity index (χ4n) is 3.96. The van der Waals surface area contributed by atoms with E-state index in [0.29, 0.717) is 24.5 Å². The minimum atomic E-state index is -4.29. The lowest BCUT2D eigenvalue weighted by atomic mass is 10.1. The molecule has 2 rings (SSSR count). The van der Waals surface area contributed by atoms with Crippen molar-refractivity contribution in [3.05, 3.63) is 48.5 Å². The molecule has 12 heteroatoms. The molecule has 4 N–H and O–H groups in total. The van der Waals surface area contributed by atoms with Crippen LogP contribution in [0.15, 0.2) is 48.5 Å². The van der Waals surface area contributed by atoms with Gasteiger partial charge in [0.25, 0.3) is 0 Å². The average molecular weight is 555 g/mol. The van der Waals surface area contributed by atoms with Crippen molar-refractivity contribution in [2.24, 2.45) is 0 Å². The molecule has 0 saturated carbocycles. The number of anilines is 2. The van der Waals surface area contributed by atoms with Crippen LogP contribution in [0, 0.1) is 0 Å². The Bertz CT molecular complexity index is 982. The van der Waals surface area contributed by atoms with Crippen LogP contribution in [0.2, 0.25) is 0 Å². The Morgan fingerprint density at radius 1 is 0.514 bits per heavy atom. The first-order valence-electron chi connectivity index (χ1n) is 12.3. The number of benzene rings is 2. The molecule has 0 aliphatic heterocycles. The number of carbonyl (C=O) groups excluding carboxylic acids is 2. The zero-order valence-electron chi connectivity index (χ0n) is 20.8. The number of carbonyl (C=O) groups is 2. The molecule has 2 aromatic rings. The van der Waals surface area contributed by atoms with Gasteiger partial charge in [-0.05, 0) is 61.4 Å². The number of amides is 2. The number of unbranched alkanes of at least 4 members (excludes halogenated alkanes) is 8. The Kier molecular flexibility index (Phi) is 12.7. The molecule has 0 aliphatic rings. The van der Waals surface area contributed by atoms with Gasteiger partial charge in [0, 0.05) is 24.5 Å². The van der Waals surface area contributed by atoms with Crippen LogP contribution in [0.4, 0.5) is 11.4 Å². The summed E-state index contributed by atoms with van der Waals surface area (Å²) < 4.78 is 22.5. The molecule has 204 valence electrons. The van der Waals surface area contributed by atoms with Crippen LogP contribution in [0.25, 0.3) is 0 Å². The van der Waals surface area contributed by atoms with Gasteiger partial charge in [-0.25, -0.2) is 0 Å². The summed E-state index contributed by atoms with van der Waals surface area (Å²) in [4.78, 5) is 62.6. The van der Waals surface area contributed by atoms with Gasteiger partial charge in [0.1, 0.15) is 0 Å². The van der Waals surface area contributed by atoms with Crippen molar-refractivity contribution in [2.45, 2.75) is 57.8 Å². The maximum absolute atomic E-state index is 11.4. The van der Waals surface area contributed by atoms with Crippen molar-refractivity contribution in [1.82, 2.24) is 0 Å². The van der Waals surface area contributed by atoms with E-state index in [1.54, 1.807) is 24.3 Å². The molecule has 0 atom stereocenters. The normalized spacial score (nSPS) is 11.8. The molecular formula is C25H36N2O8P2. The van der Waals surface area contributed by atoms with Crippen LogP contribution in [-0.2, 0) is 18.7 Å². The molecule has 0 bridgehead atoms. The Balaban J connectivity index is 1.55. The van der Waals surface area contributed by atoms with Gasteiger partial charge in [-0.2, -0.15) is 0 Å². The molecule has 0 saturated heterocycles. The second-order valence-corrected chi connectivity index (χ2v) is 12.1. The van der Waals surface area contributed by atoms with Gasteiger partial charge in [-0.15, -0.1) is 0 Å². The van der Waals surface area contributed by atoms with Crippen LogP contribution in [0.1, 0.15) is 57.8 Å². The van der Waals surface area contributed by atoms with Crippen molar-refractivity contribution < 1.29 is 38.3 Å². The highest BCUT2D eigenvalue weighted by Crippen LogP contribution is 2.34. The van der Waals surface area contributed by atoms with E-state index >= 15 is 0 Å². The lowest BCUT2D eigenvalue weighted by Crippen LogP contribution is -2.22. The molecule has 2 aromatic carbocycles. The van der Waals surface area contributed by atoms with Crippen LogP contribution in [0.5, 0.6) is 0 Å². The second-order valence-electron chi connectivity index (χ2n) is 8.90. The van der Waals surface area contributed by atoms with Gasteiger partial charge < -0.3 is 29.4 Å². The third kappa shape index (κ3) is 10.9. The monoisotopic (exact) mass is 554 g/mol. The van der Waals surface area contributed by atoms with Gasteiger partial charge in [0.05, 0.1) is 10.6 Å². The standard InChI is InChI=1S/C25H36N2O8P2/c28-20-26(22-10-14-24(15-11-22)36(30,31)32)18-8-6-4-2-1-3-5-7-9-19-27(21-29)23-12-16-25(17-13-23)37(33,34)35/h10-17,20-21H,1-9,18-19H2,(H2,30,31,32)(H2,33,34,35). The summed E-state index contributed by atoms with van der Waals surface area (Å²) in [6.07, 6.45) is 10.6. The predicted molar refractivity (Wildman–Crippen MR) is 145 cm³/mol. The van der Waals surface area contributed by atoms with E-state index in [1.807, 2.05) is 0 Å². The number of hydrogen-bond acceptors (Lipinski definition) is 4. The van der Waals surface area contributed by atoms with Crippen LogP contribution >= 0.6 is 15.2 Å². The SMILES string of the molecule is O=CN(CCCCCCCCCCCN(C=O)c1ccc(P(=O)(O)O)cc1)c1ccc(P(=O)(O)O)cc1. The van der Waals surface area contributed by atoms with Gasteiger partial charge >= 0.3 is 15.2 Å². The fourth-order valence-corrected chi connectivity index (χ4v) is 5.04. The topological polar surface area (TPSA) is 156 Å². The van der Waals surface area contributed by atoms with Crippen molar-refractivity contribution in [3.8, 4) is 0 Å². The molecule has 0 unspecified atom stereocenters. The minimum absolute atomic E-state index is 0.0708. The van der Waals surface area contributed by atoms with Gasteiger partial charge in [0.15, 0.2) is 0 Å². The van der Waals surface area contributed by atoms with E-state index in [2.05, 4.69) is 0 Å². The Morgan fingerprint density at radius 3 is 1.03 bits per heavy atom. The maximum atomic E-state index is 11.4. The lowest BCUT2D eigenvalue weighted by molar-refractivity contribution is -0.108. The summed E-state index contributed by atoms with van der Waals surface area (Å²) in [5.41, 5.74) is 1.22. The number of nitrogens with zero attached hydrogens (tertiary/aromatic N) is 2. The van der Waals surface area contributed by atoms with Crippen LogP contribution < -0.4 is 20.4 Å². The van der Waals surface area contributed by atoms with Crippen molar-refractivity contribution >= 4 is 50.0 Å². The summed E-state index contributed by atoms with van der Waals surface area (Å²) in [5, 5.41) is -0.142. The Morgan fingerprint density at radius 2 is 0.784 bits per heavy atom. The first-order valence-corrected chi connectivity index (χ1v) is 15.5. The lowest BCUT2D eigenvalue weighted by Gasteiger charge is -2.18. The van der Waals surface area contributed by atoms with E-state index in [0.717, 1.165) is 70.6 Å². The van der Waals surface area contributed by atoms with E-state index in [1.165, 1.54) is 34.1 Å². The third-order valence-corrected chi connectivity index (χ3v) is 8.03. The molecule has 0 radical (unpaired) electrons. The molecule has 37 heavy (non-hydrogen) atoms. The molecule has 0 fully saturated rings. The molecule has 0 aliphatic carbocycles. The summed E-state index contributed by atoms with van der Waals surface area (Å²) in [6.45, 7) is 1.10. The van der Waals surface area contributed by atoms with Crippen molar-refractivity contribution in [3.63, 3.8) is 0 Å². The molecule has 10 nitrogen and oxygen atoms in total. The highest BCUT2D eigenvalue weighted by atomic mass is 31.2. The van der Waals surface area contributed by atoms with Gasteiger partial charge in [0.2, 0.25) is 12.8 Å². The number of hydrogen-bond donors (Lipinski definition) is 4. The minimum Gasteiger partial charge on any atom is -0.321 e. The average Bonchev–Trinajstić information content (AvgIpc) is 2.86. The molecule has 0 spiro atoms. The third-order valence-electron chi connectivity index (χ3n) is 6.09. The summed E-state index contributed by atoms with van der Waals surface area (Å²) in [6, 6.07) is 11.5. The number of rotatable bonds is 18. The van der Waals surface area contributed by atoms with Gasteiger partial charge in [-0.3, -0.25) is 18.7 Å². The van der Waals surface area contributed by atoms with E-state index in [4.69, 9.17) is 0 Å². The fraction of sp³-hybridized carbons (Fsp3) is 0.440. The first-order chi connectivity index (χ1) is 17.6. The van der Waals surface area contributed by atoms with Crippen LogP contribution in [-0.4, -0.2) is 45.5 Å². The highest BCUT2D eigenvalue weighted by molar-refractivity contribution is 7.60. The summed E-state index contributed by atoms with van der Waals surface area (Å²) in [7, 11) is -8.59. The summed E-state index contributed by atoms with van der Waals surface area (Å²) >= 11 is 0. The molecule has 2 amide bonds. The molecular weight excluding hydrogens is 518 g/mol. The van der Waals surface area contributed by atoms with Crippen molar-refractivity contribution in [2.75, 3.05) is 22.9 Å². The Hall–Kier alpha value is -2.32. The van der Waals surface area contributed by atoms with Gasteiger partial charge in [-0.1, -0.05) is 44.9 Å². The van der Waals surface area contributed by atoms with Crippen molar-refractivity contribution in [1.29, 1.82) is 0 Å². The van der Waals surface area contributed by atoms with E-state index in [-0.39, 0.29) is 10.6 Å². The second kappa shape index (κ2) is 15.2. The quantitative estimate of drug-likeness (QED) is 0.124. The molecule has 0 heterocycles. The smallest absolute Gasteiger partial charge is 0.321 e. The van der Waals surface area contributed by atoms with E-state index < -0.39 is 15.2 Å². The largest absolute Gasteiger partial charge is 0.356 e. The zero-order valence-corrected chi connectivity index (χ0v) is 22.6. The van der Waals surface area contributed by atoms with E-state index in [9.17, 15) is 38.3 Å². The molecule has 0 aromatic heterocycles. The summed E-state index contributed by atoms with van der Waals surface area (Å²) in [5.74, 6) is 0. The Labute approximate surface area is 217 Å². The maximum Gasteiger partial charge on any atom is 0.356 e. The predicted octanol–water partition coefficient (Wildman–Crippen LogP) is 3.43. The first kappa shape index (κ1) is 30.9. The zero-order chi connectivity index (χ0) is 27.3.